The van der Waals surface area contributed by atoms with Crippen molar-refractivity contribution in [2.75, 3.05) is 0 Å². The maximum atomic E-state index is 6.70. The van der Waals surface area contributed by atoms with Crippen molar-refractivity contribution in [3.63, 3.8) is 0 Å². The molecule has 0 saturated carbocycles. The Hall–Kier alpha value is -6.17. The summed E-state index contributed by atoms with van der Waals surface area (Å²) in [6.07, 6.45) is 0. The van der Waals surface area contributed by atoms with E-state index in [1.165, 1.54) is 0 Å². The van der Waals surface area contributed by atoms with Gasteiger partial charge in [0.2, 0.25) is 0 Å². The highest BCUT2D eigenvalue weighted by atomic mass is 31.1. The van der Waals surface area contributed by atoms with Gasteiger partial charge in [-0.1, -0.05) is 90.1 Å². The largest absolute Gasteiger partial charge is 0.454 e. The summed E-state index contributed by atoms with van der Waals surface area (Å²) in [5.41, 5.74) is 5.25. The molecule has 0 saturated heterocycles. The van der Waals surface area contributed by atoms with Crippen molar-refractivity contribution in [3.8, 4) is 70.0 Å². The molecule has 0 fully saturated rings. The summed E-state index contributed by atoms with van der Waals surface area (Å²) in [5, 5.41) is 3.01. The minimum Gasteiger partial charge on any atom is -0.454 e. The molecular weight excluding hydrogens is 583 g/mol. The lowest BCUT2D eigenvalue weighted by atomic mass is 10.1. The normalized spacial score (nSPS) is 12.3. The second-order valence-corrected chi connectivity index (χ2v) is 12.9. The molecule has 3 aliphatic rings. The van der Waals surface area contributed by atoms with Gasteiger partial charge >= 0.3 is 0 Å². The highest BCUT2D eigenvalue weighted by Crippen LogP contribution is 2.60. The molecule has 0 unspecified atom stereocenters. The van der Waals surface area contributed by atoms with Gasteiger partial charge in [-0.3, -0.25) is 0 Å². The van der Waals surface area contributed by atoms with Crippen molar-refractivity contribution >= 4 is 23.8 Å². The smallest absolute Gasteiger partial charge is 0.155 e. The fourth-order valence-corrected chi connectivity index (χ4v) is 8.60. The average molecular weight is 605 g/mol. The number of hydrogen-bond acceptors (Lipinski definition) is 3. The van der Waals surface area contributed by atoms with Crippen molar-refractivity contribution in [1.29, 1.82) is 0 Å². The number of rotatable bonds is 0. The SMILES string of the molecule is C(#Cc1ccc2c3c1Oc1ccc(C#Cc4ccccc4)c4c1P3c1c(ccc(C#Cc3ccccc3)c1O2)O4)c1ccccc1. The molecule has 46 heavy (non-hydrogen) atoms. The predicted octanol–water partition coefficient (Wildman–Crippen LogP) is 7.96. The number of ether oxygens (including phenoxy) is 3. The molecular formula is C42H21O3P. The third-order valence-corrected chi connectivity index (χ3v) is 10.5. The van der Waals surface area contributed by atoms with Gasteiger partial charge in [0.15, 0.2) is 17.2 Å². The van der Waals surface area contributed by atoms with Crippen LogP contribution in [0.15, 0.2) is 127 Å². The molecule has 212 valence electrons. The van der Waals surface area contributed by atoms with Gasteiger partial charge in [0, 0.05) is 24.6 Å². The van der Waals surface area contributed by atoms with E-state index in [1.54, 1.807) is 0 Å². The third-order valence-electron chi connectivity index (χ3n) is 7.94. The van der Waals surface area contributed by atoms with Gasteiger partial charge in [-0.2, -0.15) is 0 Å². The maximum absolute atomic E-state index is 6.70. The van der Waals surface area contributed by atoms with Crippen LogP contribution in [0.5, 0.6) is 34.5 Å². The van der Waals surface area contributed by atoms with Gasteiger partial charge in [0.1, 0.15) is 17.2 Å². The lowest BCUT2D eigenvalue weighted by molar-refractivity contribution is 0.444. The van der Waals surface area contributed by atoms with Gasteiger partial charge in [-0.05, 0) is 72.8 Å². The van der Waals surface area contributed by atoms with Crippen molar-refractivity contribution in [3.05, 3.63) is 161 Å². The fourth-order valence-electron chi connectivity index (χ4n) is 5.80. The Bertz CT molecular complexity index is 2130. The van der Waals surface area contributed by atoms with E-state index in [0.29, 0.717) is 0 Å². The van der Waals surface area contributed by atoms with Gasteiger partial charge in [-0.25, -0.2) is 0 Å². The molecule has 0 amide bonds. The molecule has 0 atom stereocenters. The minimum atomic E-state index is -1.13. The van der Waals surface area contributed by atoms with Crippen LogP contribution in [0.25, 0.3) is 0 Å². The molecule has 9 rings (SSSR count). The van der Waals surface area contributed by atoms with Gasteiger partial charge < -0.3 is 14.2 Å². The highest BCUT2D eigenvalue weighted by Gasteiger charge is 2.45. The predicted molar refractivity (Wildman–Crippen MR) is 183 cm³/mol. The number of hydrogen-bond donors (Lipinski definition) is 0. The minimum absolute atomic E-state index is 0.730. The lowest BCUT2D eigenvalue weighted by Crippen LogP contribution is -2.36. The summed E-state index contributed by atoms with van der Waals surface area (Å²) in [4.78, 5) is 0. The first-order valence-corrected chi connectivity index (χ1v) is 16.2. The molecule has 3 nitrogen and oxygen atoms in total. The zero-order valence-corrected chi connectivity index (χ0v) is 25.2. The lowest BCUT2D eigenvalue weighted by Gasteiger charge is -2.39. The Balaban J connectivity index is 1.25. The maximum Gasteiger partial charge on any atom is 0.155 e. The van der Waals surface area contributed by atoms with Crippen LogP contribution in [0.3, 0.4) is 0 Å². The second-order valence-electron chi connectivity index (χ2n) is 10.9. The van der Waals surface area contributed by atoms with Gasteiger partial charge in [-0.15, -0.1) is 0 Å². The molecule has 0 aromatic heterocycles. The van der Waals surface area contributed by atoms with Crippen LogP contribution in [0.2, 0.25) is 0 Å². The Morgan fingerprint density at radius 2 is 0.630 bits per heavy atom. The van der Waals surface area contributed by atoms with E-state index in [1.807, 2.05) is 127 Å². The van der Waals surface area contributed by atoms with Gasteiger partial charge in [0.05, 0.1) is 32.6 Å². The van der Waals surface area contributed by atoms with Crippen molar-refractivity contribution in [2.24, 2.45) is 0 Å². The summed E-state index contributed by atoms with van der Waals surface area (Å²) in [6.45, 7) is 0. The van der Waals surface area contributed by atoms with Crippen LogP contribution in [0.1, 0.15) is 33.4 Å². The average Bonchev–Trinajstić information content (AvgIpc) is 3.11. The van der Waals surface area contributed by atoms with Gasteiger partial charge in [0.25, 0.3) is 0 Å². The van der Waals surface area contributed by atoms with E-state index in [2.05, 4.69) is 35.5 Å². The Kier molecular flexibility index (Phi) is 6.15. The fraction of sp³-hybridized carbons (Fsp3) is 0. The molecule has 0 aliphatic carbocycles. The molecule has 6 aromatic rings. The standard InChI is InChI=1S/C42H21O3P/c1-4-10-28(11-5-1)16-19-31-22-25-34-40-37(31)43-35-26-23-32(20-17-29-12-6-2-7-13-29)38-41(35)46(40)42-36(45-38)27-24-33(39(42)44-34)21-18-30-14-8-3-9-15-30/h1-15,22-27H. The summed E-state index contributed by atoms with van der Waals surface area (Å²) >= 11 is 0. The summed E-state index contributed by atoms with van der Waals surface area (Å²) in [7, 11) is -1.13. The zero-order valence-electron chi connectivity index (χ0n) is 24.3. The topological polar surface area (TPSA) is 27.7 Å². The molecule has 6 aromatic carbocycles. The third kappa shape index (κ3) is 4.41. The second kappa shape index (κ2) is 10.8. The van der Waals surface area contributed by atoms with E-state index in [-0.39, 0.29) is 0 Å². The highest BCUT2D eigenvalue weighted by molar-refractivity contribution is 7.81. The Morgan fingerprint density at radius 1 is 0.326 bits per heavy atom. The van der Waals surface area contributed by atoms with E-state index in [0.717, 1.165) is 83.8 Å². The first-order valence-electron chi connectivity index (χ1n) is 14.9. The zero-order chi connectivity index (χ0) is 30.5. The first kappa shape index (κ1) is 26.3. The molecule has 0 radical (unpaired) electrons. The Morgan fingerprint density at radius 3 is 0.935 bits per heavy atom. The molecule has 0 N–H and O–H groups in total. The van der Waals surface area contributed by atoms with Crippen LogP contribution in [-0.2, 0) is 0 Å². The number of benzene rings is 6. The van der Waals surface area contributed by atoms with Crippen molar-refractivity contribution in [1.82, 2.24) is 0 Å². The van der Waals surface area contributed by atoms with Crippen molar-refractivity contribution in [2.45, 2.75) is 0 Å². The van der Waals surface area contributed by atoms with Crippen LogP contribution in [0.4, 0.5) is 0 Å². The van der Waals surface area contributed by atoms with E-state index >= 15 is 0 Å². The molecule has 0 bridgehead atoms. The monoisotopic (exact) mass is 604 g/mol. The Labute approximate surface area is 268 Å². The van der Waals surface area contributed by atoms with Crippen LogP contribution in [-0.4, -0.2) is 0 Å². The van der Waals surface area contributed by atoms with Crippen molar-refractivity contribution < 1.29 is 14.2 Å². The first-order chi connectivity index (χ1) is 22.8. The van der Waals surface area contributed by atoms with Crippen LogP contribution >= 0.6 is 7.92 Å². The van der Waals surface area contributed by atoms with E-state index in [9.17, 15) is 0 Å². The summed E-state index contributed by atoms with van der Waals surface area (Å²) in [6, 6.07) is 41.9. The molecule has 3 aliphatic heterocycles. The molecule has 4 heteroatoms. The van der Waals surface area contributed by atoms with Crippen LogP contribution < -0.4 is 30.1 Å². The quantitative estimate of drug-likeness (QED) is 0.130. The van der Waals surface area contributed by atoms with E-state index in [4.69, 9.17) is 14.2 Å². The van der Waals surface area contributed by atoms with E-state index < -0.39 is 7.92 Å². The van der Waals surface area contributed by atoms with Crippen LogP contribution in [0, 0.1) is 35.5 Å². The summed E-state index contributed by atoms with van der Waals surface area (Å²) < 4.78 is 20.1. The molecule has 0 spiro atoms. The molecule has 3 heterocycles. The summed E-state index contributed by atoms with van der Waals surface area (Å²) in [5.74, 6) is 24.5.